The van der Waals surface area contributed by atoms with Crippen LogP contribution in [0.4, 0.5) is 5.69 Å². The number of nitrogens with one attached hydrogen (secondary N) is 1. The van der Waals surface area contributed by atoms with E-state index in [4.69, 9.17) is 11.6 Å². The van der Waals surface area contributed by atoms with E-state index in [0.29, 0.717) is 16.3 Å². The number of anilines is 1. The average Bonchev–Trinajstić information content (AvgIpc) is 2.98. The van der Waals surface area contributed by atoms with Crippen molar-refractivity contribution in [2.24, 2.45) is 0 Å². The van der Waals surface area contributed by atoms with Gasteiger partial charge in [0.05, 0.1) is 27.0 Å². The van der Waals surface area contributed by atoms with Gasteiger partial charge in [-0.25, -0.2) is 17.4 Å². The van der Waals surface area contributed by atoms with Gasteiger partial charge in [-0.05, 0) is 75.2 Å². The van der Waals surface area contributed by atoms with Crippen molar-refractivity contribution in [1.82, 2.24) is 14.1 Å². The number of rotatable bonds is 5. The van der Waals surface area contributed by atoms with Crippen molar-refractivity contribution >= 4 is 33.2 Å². The monoisotopic (exact) mass is 460 g/mol. The lowest BCUT2D eigenvalue weighted by molar-refractivity contribution is 0.102. The average molecular weight is 461 g/mol. The highest BCUT2D eigenvalue weighted by atomic mass is 35.5. The number of aromatic nitrogens is 2. The van der Waals surface area contributed by atoms with Crippen LogP contribution >= 0.6 is 11.6 Å². The zero-order valence-corrected chi connectivity index (χ0v) is 19.9. The van der Waals surface area contributed by atoms with Gasteiger partial charge in [0.2, 0.25) is 10.0 Å². The Morgan fingerprint density at radius 1 is 1.06 bits per heavy atom. The summed E-state index contributed by atoms with van der Waals surface area (Å²) in [6, 6.07) is 10.1. The van der Waals surface area contributed by atoms with E-state index >= 15 is 0 Å². The molecule has 0 saturated carbocycles. The molecule has 0 bridgehead atoms. The first kappa shape index (κ1) is 23.0. The maximum Gasteiger partial charge on any atom is 0.255 e. The minimum absolute atomic E-state index is 0.132. The third kappa shape index (κ3) is 4.37. The zero-order valence-electron chi connectivity index (χ0n) is 18.3. The molecule has 1 N–H and O–H groups in total. The summed E-state index contributed by atoms with van der Waals surface area (Å²) in [5.41, 5.74) is 4.82. The van der Waals surface area contributed by atoms with Crippen molar-refractivity contribution in [1.29, 1.82) is 0 Å². The number of carbonyl (C=O) groups is 1. The fourth-order valence-corrected chi connectivity index (χ4v) is 4.27. The predicted octanol–water partition coefficient (Wildman–Crippen LogP) is 4.26. The van der Waals surface area contributed by atoms with Crippen molar-refractivity contribution in [3.63, 3.8) is 0 Å². The van der Waals surface area contributed by atoms with Crippen LogP contribution in [0.25, 0.3) is 5.69 Å². The Kier molecular flexibility index (Phi) is 6.27. The minimum Gasteiger partial charge on any atom is -0.322 e. The first-order chi connectivity index (χ1) is 14.4. The summed E-state index contributed by atoms with van der Waals surface area (Å²) in [4.78, 5) is 13.0. The molecular formula is C22H25ClN4O3S. The molecule has 3 rings (SSSR count). The third-order valence-corrected chi connectivity index (χ3v) is 7.58. The topological polar surface area (TPSA) is 84.3 Å². The van der Waals surface area contributed by atoms with E-state index in [1.54, 1.807) is 35.0 Å². The molecule has 0 fully saturated rings. The highest BCUT2D eigenvalue weighted by Gasteiger charge is 2.20. The molecule has 164 valence electrons. The second-order valence-electron chi connectivity index (χ2n) is 7.60. The zero-order chi connectivity index (χ0) is 23.1. The molecule has 0 atom stereocenters. The van der Waals surface area contributed by atoms with Crippen LogP contribution in [0.3, 0.4) is 0 Å². The molecule has 1 aromatic heterocycles. The van der Waals surface area contributed by atoms with Crippen LogP contribution in [0, 0.1) is 27.7 Å². The maximum absolute atomic E-state index is 12.8. The number of amides is 1. The fraction of sp³-hybridized carbons (Fsp3) is 0.273. The highest BCUT2D eigenvalue weighted by molar-refractivity contribution is 7.89. The molecule has 0 saturated heterocycles. The van der Waals surface area contributed by atoms with E-state index in [1.165, 1.54) is 20.2 Å². The van der Waals surface area contributed by atoms with Crippen LogP contribution in [0.1, 0.15) is 32.9 Å². The quantitative estimate of drug-likeness (QED) is 0.616. The summed E-state index contributed by atoms with van der Waals surface area (Å²) in [5, 5.41) is 7.86. The maximum atomic E-state index is 12.8. The van der Waals surface area contributed by atoms with E-state index in [9.17, 15) is 13.2 Å². The van der Waals surface area contributed by atoms with Crippen LogP contribution in [-0.4, -0.2) is 42.5 Å². The Balaban J connectivity index is 1.90. The molecule has 31 heavy (non-hydrogen) atoms. The molecule has 1 amide bonds. The Labute approximate surface area is 187 Å². The summed E-state index contributed by atoms with van der Waals surface area (Å²) in [6.45, 7) is 7.37. The number of aryl methyl sites for hydroxylation is 2. The van der Waals surface area contributed by atoms with Gasteiger partial charge < -0.3 is 5.32 Å². The van der Waals surface area contributed by atoms with Crippen LogP contribution in [0.15, 0.2) is 41.3 Å². The number of hydrogen-bond donors (Lipinski definition) is 1. The first-order valence-corrected chi connectivity index (χ1v) is 11.4. The highest BCUT2D eigenvalue weighted by Crippen LogP contribution is 2.26. The van der Waals surface area contributed by atoms with Crippen molar-refractivity contribution in [2.45, 2.75) is 32.6 Å². The van der Waals surface area contributed by atoms with E-state index in [1.807, 2.05) is 27.7 Å². The lowest BCUT2D eigenvalue weighted by atomic mass is 10.1. The van der Waals surface area contributed by atoms with Gasteiger partial charge in [-0.15, -0.1) is 0 Å². The Morgan fingerprint density at radius 3 is 2.19 bits per heavy atom. The van der Waals surface area contributed by atoms with Gasteiger partial charge in [0.1, 0.15) is 0 Å². The summed E-state index contributed by atoms with van der Waals surface area (Å²) < 4.78 is 27.9. The Morgan fingerprint density at radius 2 is 1.68 bits per heavy atom. The van der Waals surface area contributed by atoms with Crippen LogP contribution in [0.5, 0.6) is 0 Å². The largest absolute Gasteiger partial charge is 0.322 e. The van der Waals surface area contributed by atoms with Crippen molar-refractivity contribution < 1.29 is 13.2 Å². The molecule has 0 unspecified atom stereocenters. The summed E-state index contributed by atoms with van der Waals surface area (Å²) >= 11 is 6.22. The van der Waals surface area contributed by atoms with Gasteiger partial charge in [0.25, 0.3) is 5.91 Å². The molecule has 2 aromatic carbocycles. The van der Waals surface area contributed by atoms with Crippen molar-refractivity contribution in [2.75, 3.05) is 19.4 Å². The number of carbonyl (C=O) groups excluding carboxylic acids is 1. The van der Waals surface area contributed by atoms with Gasteiger partial charge in [0.15, 0.2) is 0 Å². The number of nitrogens with zero attached hydrogens (tertiary/aromatic N) is 3. The second kappa shape index (κ2) is 8.45. The lowest BCUT2D eigenvalue weighted by Crippen LogP contribution is -2.23. The Bertz CT molecular complexity index is 1260. The number of halogens is 1. The first-order valence-electron chi connectivity index (χ1n) is 9.60. The molecule has 0 radical (unpaired) electrons. The molecule has 0 aliphatic heterocycles. The number of benzene rings is 2. The number of hydrogen-bond acceptors (Lipinski definition) is 4. The SMILES string of the molecule is Cc1cc(S(=O)(=O)N(C)C)cc(NC(=O)c2ccc(-n3nc(C)c(Cl)c3C)cc2)c1C. The van der Waals surface area contributed by atoms with E-state index in [2.05, 4.69) is 10.4 Å². The van der Waals surface area contributed by atoms with Gasteiger partial charge in [0, 0.05) is 25.3 Å². The van der Waals surface area contributed by atoms with Crippen LogP contribution in [-0.2, 0) is 10.0 Å². The van der Waals surface area contributed by atoms with E-state index in [-0.39, 0.29) is 10.8 Å². The summed E-state index contributed by atoms with van der Waals surface area (Å²) in [7, 11) is -0.674. The molecule has 7 nitrogen and oxygen atoms in total. The molecule has 0 spiro atoms. The molecule has 0 aliphatic carbocycles. The van der Waals surface area contributed by atoms with Crippen LogP contribution in [0.2, 0.25) is 5.02 Å². The van der Waals surface area contributed by atoms with Crippen molar-refractivity contribution in [3.8, 4) is 5.69 Å². The van der Waals surface area contributed by atoms with Crippen molar-refractivity contribution in [3.05, 3.63) is 69.5 Å². The van der Waals surface area contributed by atoms with Crippen LogP contribution < -0.4 is 5.32 Å². The van der Waals surface area contributed by atoms with Gasteiger partial charge in [-0.1, -0.05) is 11.6 Å². The molecule has 0 aliphatic rings. The van der Waals surface area contributed by atoms with E-state index in [0.717, 1.165) is 32.5 Å². The fourth-order valence-electron chi connectivity index (χ4n) is 3.14. The summed E-state index contributed by atoms with van der Waals surface area (Å²) in [6.07, 6.45) is 0. The minimum atomic E-state index is -3.62. The molecule has 1 heterocycles. The predicted molar refractivity (Wildman–Crippen MR) is 123 cm³/mol. The van der Waals surface area contributed by atoms with Gasteiger partial charge in [-0.2, -0.15) is 5.10 Å². The molecular weight excluding hydrogens is 436 g/mol. The number of sulfonamides is 1. The molecule has 3 aromatic rings. The van der Waals surface area contributed by atoms with Gasteiger partial charge >= 0.3 is 0 Å². The summed E-state index contributed by atoms with van der Waals surface area (Å²) in [5.74, 6) is -0.333. The Hall–Kier alpha value is -2.68. The molecule has 9 heteroatoms. The second-order valence-corrected chi connectivity index (χ2v) is 10.1. The third-order valence-electron chi connectivity index (χ3n) is 5.24. The van der Waals surface area contributed by atoms with Gasteiger partial charge in [-0.3, -0.25) is 4.79 Å². The normalized spacial score (nSPS) is 11.7. The standard InChI is InChI=1S/C22H25ClN4O3S/c1-13-11-19(31(29,30)26(5)6)12-20(14(13)2)24-22(28)17-7-9-18(10-8-17)27-16(4)21(23)15(3)25-27/h7-12H,1-6H3,(H,24,28). The smallest absolute Gasteiger partial charge is 0.255 e. The van der Waals surface area contributed by atoms with E-state index < -0.39 is 10.0 Å². The lowest BCUT2D eigenvalue weighted by Gasteiger charge is -2.16.